The first kappa shape index (κ1) is 14.3. The Kier molecular flexibility index (Phi) is 4.56. The number of aryl methyl sites for hydroxylation is 1. The highest BCUT2D eigenvalue weighted by molar-refractivity contribution is 7.89. The van der Waals surface area contributed by atoms with Crippen molar-refractivity contribution in [2.45, 2.75) is 13.3 Å². The first-order valence-electron chi connectivity index (χ1n) is 5.16. The molecule has 0 radical (unpaired) electrons. The molecule has 0 aromatic carbocycles. The second kappa shape index (κ2) is 5.74. The Bertz CT molecular complexity index is 543. The molecular weight excluding hydrogens is 260 g/mol. The average Bonchev–Trinajstić information content (AvgIpc) is 2.22. The van der Waals surface area contributed by atoms with Crippen LogP contribution >= 0.6 is 0 Å². The Morgan fingerprint density at radius 2 is 2.17 bits per heavy atom. The van der Waals surface area contributed by atoms with E-state index in [1.165, 1.54) is 19.1 Å². The highest BCUT2D eigenvalue weighted by atomic mass is 32.2. The van der Waals surface area contributed by atoms with Crippen molar-refractivity contribution >= 4 is 21.5 Å². The van der Waals surface area contributed by atoms with Crippen LogP contribution in [0.2, 0.25) is 0 Å². The van der Waals surface area contributed by atoms with E-state index in [-0.39, 0.29) is 11.4 Å². The van der Waals surface area contributed by atoms with Crippen LogP contribution in [0.1, 0.15) is 12.1 Å². The van der Waals surface area contributed by atoms with E-state index in [2.05, 4.69) is 10.3 Å². The zero-order valence-electron chi connectivity index (χ0n) is 9.79. The molecule has 0 saturated heterocycles. The van der Waals surface area contributed by atoms with Gasteiger partial charge < -0.3 is 5.32 Å². The number of hydrogen-bond donors (Lipinski definition) is 2. The lowest BCUT2D eigenvalue weighted by atomic mass is 10.3. The third-order valence-electron chi connectivity index (χ3n) is 2.17. The summed E-state index contributed by atoms with van der Waals surface area (Å²) in [5.41, 5.74) is 0.251. The number of sulfonamides is 1. The number of nitrogens with zero attached hydrogens (tertiary/aromatic N) is 2. The molecule has 8 nitrogen and oxygen atoms in total. The van der Waals surface area contributed by atoms with Gasteiger partial charge in [-0.15, -0.1) is 0 Å². The van der Waals surface area contributed by atoms with Gasteiger partial charge in [0.25, 0.3) is 5.69 Å². The standard InChI is InChI=1S/C9H14N4O4S/c1-7-8(13(14)15)3-4-9(12-7)11-5-2-6-18(10,16)17/h3-4H,2,5-6H2,1H3,(H,11,12)(H2,10,16,17). The first-order chi connectivity index (χ1) is 8.29. The van der Waals surface area contributed by atoms with E-state index in [1.54, 1.807) is 0 Å². The molecule has 0 amide bonds. The Balaban J connectivity index is 2.54. The van der Waals surface area contributed by atoms with Crippen molar-refractivity contribution in [3.05, 3.63) is 27.9 Å². The summed E-state index contributed by atoms with van der Waals surface area (Å²) in [7, 11) is -3.45. The maximum atomic E-state index is 10.7. The molecule has 0 atom stereocenters. The molecule has 18 heavy (non-hydrogen) atoms. The molecule has 1 aromatic rings. The maximum absolute atomic E-state index is 10.7. The lowest BCUT2D eigenvalue weighted by Crippen LogP contribution is -2.18. The fraction of sp³-hybridized carbons (Fsp3) is 0.444. The van der Waals surface area contributed by atoms with Crippen LogP contribution in [-0.4, -0.2) is 30.6 Å². The van der Waals surface area contributed by atoms with E-state index in [0.29, 0.717) is 24.5 Å². The van der Waals surface area contributed by atoms with Crippen LogP contribution in [0, 0.1) is 17.0 Å². The Labute approximate surface area is 104 Å². The monoisotopic (exact) mass is 274 g/mol. The molecule has 0 unspecified atom stereocenters. The van der Waals surface area contributed by atoms with Crippen molar-refractivity contribution in [2.75, 3.05) is 17.6 Å². The topological polar surface area (TPSA) is 128 Å². The fourth-order valence-corrected chi connectivity index (χ4v) is 1.88. The minimum absolute atomic E-state index is 0.0508. The van der Waals surface area contributed by atoms with Crippen LogP contribution < -0.4 is 10.5 Å². The summed E-state index contributed by atoms with van der Waals surface area (Å²) in [5.74, 6) is 0.346. The predicted molar refractivity (Wildman–Crippen MR) is 66.7 cm³/mol. The fourth-order valence-electron chi connectivity index (χ4n) is 1.33. The van der Waals surface area contributed by atoms with Gasteiger partial charge in [-0.3, -0.25) is 10.1 Å². The van der Waals surface area contributed by atoms with Gasteiger partial charge in [0.2, 0.25) is 10.0 Å². The molecule has 0 spiro atoms. The Morgan fingerprint density at radius 3 is 2.67 bits per heavy atom. The number of nitro groups is 1. The maximum Gasteiger partial charge on any atom is 0.290 e. The molecule has 0 aliphatic rings. The zero-order valence-corrected chi connectivity index (χ0v) is 10.6. The number of primary sulfonamides is 1. The highest BCUT2D eigenvalue weighted by Crippen LogP contribution is 2.17. The molecular formula is C9H14N4O4S. The number of nitrogens with one attached hydrogen (secondary N) is 1. The van der Waals surface area contributed by atoms with Gasteiger partial charge in [-0.05, 0) is 19.4 Å². The van der Waals surface area contributed by atoms with Crippen molar-refractivity contribution in [3.63, 3.8) is 0 Å². The van der Waals surface area contributed by atoms with Crippen molar-refractivity contribution in [1.29, 1.82) is 0 Å². The van der Waals surface area contributed by atoms with E-state index in [1.807, 2.05) is 0 Å². The van der Waals surface area contributed by atoms with Gasteiger partial charge in [0, 0.05) is 12.6 Å². The van der Waals surface area contributed by atoms with Gasteiger partial charge in [0.15, 0.2) is 0 Å². The van der Waals surface area contributed by atoms with Crippen LogP contribution in [0.4, 0.5) is 11.5 Å². The Morgan fingerprint density at radius 1 is 1.50 bits per heavy atom. The molecule has 0 bridgehead atoms. The molecule has 0 saturated carbocycles. The third-order valence-corrected chi connectivity index (χ3v) is 3.02. The number of pyridine rings is 1. The van der Waals surface area contributed by atoms with E-state index >= 15 is 0 Å². The van der Waals surface area contributed by atoms with E-state index < -0.39 is 14.9 Å². The molecule has 1 aromatic heterocycles. The highest BCUT2D eigenvalue weighted by Gasteiger charge is 2.11. The van der Waals surface area contributed by atoms with Crippen molar-refractivity contribution in [2.24, 2.45) is 5.14 Å². The summed E-state index contributed by atoms with van der Waals surface area (Å²) >= 11 is 0. The number of aromatic nitrogens is 1. The average molecular weight is 274 g/mol. The number of rotatable bonds is 6. The van der Waals surface area contributed by atoms with Gasteiger partial charge in [0.05, 0.1) is 10.7 Å². The number of hydrogen-bond acceptors (Lipinski definition) is 6. The zero-order chi connectivity index (χ0) is 13.8. The summed E-state index contributed by atoms with van der Waals surface area (Å²) in [5, 5.41) is 18.3. The minimum atomic E-state index is -3.45. The van der Waals surface area contributed by atoms with Crippen LogP contribution in [-0.2, 0) is 10.0 Å². The van der Waals surface area contributed by atoms with E-state index in [9.17, 15) is 18.5 Å². The van der Waals surface area contributed by atoms with Gasteiger partial charge in [-0.2, -0.15) is 0 Å². The van der Waals surface area contributed by atoms with Gasteiger partial charge in [0.1, 0.15) is 11.5 Å². The van der Waals surface area contributed by atoms with Crippen LogP contribution in [0.25, 0.3) is 0 Å². The second-order valence-electron chi connectivity index (χ2n) is 3.71. The molecule has 0 aliphatic heterocycles. The minimum Gasteiger partial charge on any atom is -0.370 e. The van der Waals surface area contributed by atoms with Gasteiger partial charge in [-0.1, -0.05) is 0 Å². The summed E-state index contributed by atoms with van der Waals surface area (Å²) in [6, 6.07) is 2.83. The largest absolute Gasteiger partial charge is 0.370 e. The van der Waals surface area contributed by atoms with Gasteiger partial charge in [-0.25, -0.2) is 18.5 Å². The summed E-state index contributed by atoms with van der Waals surface area (Å²) < 4.78 is 21.4. The lowest BCUT2D eigenvalue weighted by Gasteiger charge is -2.05. The predicted octanol–water partition coefficient (Wildman–Crippen LogP) is 0.389. The summed E-state index contributed by atoms with van der Waals surface area (Å²) in [6.07, 6.45) is 0.344. The quantitative estimate of drug-likeness (QED) is 0.438. The third kappa shape index (κ3) is 4.63. The normalized spacial score (nSPS) is 11.2. The molecule has 100 valence electrons. The molecule has 0 aliphatic carbocycles. The summed E-state index contributed by atoms with van der Waals surface area (Å²) in [4.78, 5) is 14.1. The molecule has 1 heterocycles. The molecule has 3 N–H and O–H groups in total. The van der Waals surface area contributed by atoms with Crippen molar-refractivity contribution in [1.82, 2.24) is 4.98 Å². The number of anilines is 1. The smallest absolute Gasteiger partial charge is 0.290 e. The van der Waals surface area contributed by atoms with E-state index in [0.717, 1.165) is 0 Å². The van der Waals surface area contributed by atoms with Crippen molar-refractivity contribution in [3.8, 4) is 0 Å². The first-order valence-corrected chi connectivity index (χ1v) is 6.87. The lowest BCUT2D eigenvalue weighted by molar-refractivity contribution is -0.385. The molecule has 9 heteroatoms. The van der Waals surface area contributed by atoms with Crippen LogP contribution in [0.5, 0.6) is 0 Å². The second-order valence-corrected chi connectivity index (χ2v) is 5.44. The number of nitrogens with two attached hydrogens (primary N) is 1. The van der Waals surface area contributed by atoms with Crippen LogP contribution in [0.3, 0.4) is 0 Å². The summed E-state index contributed by atoms with van der Waals surface area (Å²) in [6.45, 7) is 1.91. The molecule has 1 rings (SSSR count). The van der Waals surface area contributed by atoms with Gasteiger partial charge >= 0.3 is 0 Å². The van der Waals surface area contributed by atoms with Crippen LogP contribution in [0.15, 0.2) is 12.1 Å². The van der Waals surface area contributed by atoms with E-state index in [4.69, 9.17) is 5.14 Å². The Hall–Kier alpha value is -1.74. The SMILES string of the molecule is Cc1nc(NCCCS(N)(=O)=O)ccc1[N+](=O)[O-]. The van der Waals surface area contributed by atoms with Crippen molar-refractivity contribution < 1.29 is 13.3 Å². The molecule has 0 fully saturated rings.